The van der Waals surface area contributed by atoms with Crippen LogP contribution in [0.3, 0.4) is 0 Å². The van der Waals surface area contributed by atoms with Crippen molar-refractivity contribution in [2.24, 2.45) is 0 Å². The van der Waals surface area contributed by atoms with E-state index in [4.69, 9.17) is 0 Å². The molecule has 0 radical (unpaired) electrons. The summed E-state index contributed by atoms with van der Waals surface area (Å²) < 4.78 is 27.0. The summed E-state index contributed by atoms with van der Waals surface area (Å²) in [5.74, 6) is -0.0334. The molecule has 0 unspecified atom stereocenters. The molecule has 1 aromatic heterocycles. The summed E-state index contributed by atoms with van der Waals surface area (Å²) in [6.45, 7) is 0. The Balaban J connectivity index is 1.93. The predicted molar refractivity (Wildman–Crippen MR) is 89.4 cm³/mol. The van der Waals surface area contributed by atoms with Crippen LogP contribution in [0.5, 0.6) is 0 Å². The van der Waals surface area contributed by atoms with E-state index in [1.54, 1.807) is 24.4 Å². The van der Waals surface area contributed by atoms with E-state index in [0.717, 1.165) is 11.3 Å². The lowest BCUT2D eigenvalue weighted by Crippen LogP contribution is -2.46. The third-order valence-corrected chi connectivity index (χ3v) is 5.05. The van der Waals surface area contributed by atoms with Crippen LogP contribution in [0, 0.1) is 0 Å². The minimum atomic E-state index is -3.46. The highest BCUT2D eigenvalue weighted by atomic mass is 32.2. The van der Waals surface area contributed by atoms with Gasteiger partial charge in [-0.3, -0.25) is 0 Å². The molecule has 5 heteroatoms. The van der Waals surface area contributed by atoms with Crippen LogP contribution >= 0.6 is 0 Å². The lowest BCUT2D eigenvalue weighted by molar-refractivity contribution is -0.682. The predicted octanol–water partition coefficient (Wildman–Crippen LogP) is 2.82. The molecule has 0 saturated heterocycles. The van der Waals surface area contributed by atoms with Crippen LogP contribution in [0.15, 0.2) is 90.1 Å². The van der Waals surface area contributed by atoms with Crippen LogP contribution in [0.25, 0.3) is 0 Å². The van der Waals surface area contributed by atoms with Crippen molar-refractivity contribution in [3.05, 3.63) is 90.6 Å². The van der Waals surface area contributed by atoms with E-state index in [2.05, 4.69) is 5.43 Å². The molecule has 4 nitrogen and oxygen atoms in total. The quantitative estimate of drug-likeness (QED) is 0.734. The van der Waals surface area contributed by atoms with Crippen molar-refractivity contribution < 1.29 is 13.1 Å². The molecule has 0 fully saturated rings. The number of nitrogens with one attached hydrogen (secondary N) is 1. The van der Waals surface area contributed by atoms with Gasteiger partial charge in [0.2, 0.25) is 16.0 Å². The molecule has 0 saturated carbocycles. The van der Waals surface area contributed by atoms with E-state index >= 15 is 0 Å². The van der Waals surface area contributed by atoms with Crippen molar-refractivity contribution in [3.63, 3.8) is 0 Å². The Kier molecular flexibility index (Phi) is 4.39. The van der Waals surface area contributed by atoms with Gasteiger partial charge in [0.15, 0.2) is 0 Å². The molecular formula is C18H17N2O2S+. The second kappa shape index (κ2) is 6.62. The molecule has 0 atom stereocenters. The second-order valence-electron chi connectivity index (χ2n) is 5.13. The smallest absolute Gasteiger partial charge is 0.217 e. The largest absolute Gasteiger partial charge is 0.326 e. The highest BCUT2D eigenvalue weighted by Crippen LogP contribution is 2.13. The fourth-order valence-electron chi connectivity index (χ4n) is 2.29. The number of para-hydroxylation sites is 1. The van der Waals surface area contributed by atoms with E-state index in [1.807, 2.05) is 60.7 Å². The molecule has 116 valence electrons. The zero-order valence-electron chi connectivity index (χ0n) is 12.5. The second-order valence-corrected chi connectivity index (χ2v) is 7.07. The van der Waals surface area contributed by atoms with Gasteiger partial charge in [0.1, 0.15) is 0 Å². The number of pyridine rings is 1. The summed E-state index contributed by atoms with van der Waals surface area (Å²) in [6, 6.07) is 23.8. The highest BCUT2D eigenvalue weighted by Gasteiger charge is 2.26. The van der Waals surface area contributed by atoms with Gasteiger partial charge < -0.3 is 0 Å². The Morgan fingerprint density at radius 2 is 1.39 bits per heavy atom. The Morgan fingerprint density at radius 1 is 0.783 bits per heavy atom. The number of anilines is 1. The Hall–Kier alpha value is -2.66. The maximum absolute atomic E-state index is 12.8. The number of benzene rings is 2. The number of aromatic nitrogens is 1. The Bertz CT molecular complexity index is 879. The minimum Gasteiger partial charge on any atom is -0.217 e. The van der Waals surface area contributed by atoms with E-state index < -0.39 is 9.84 Å². The summed E-state index contributed by atoms with van der Waals surface area (Å²) >= 11 is 0. The number of nitrogens with zero attached hydrogens (tertiary/aromatic N) is 1. The van der Waals surface area contributed by atoms with Gasteiger partial charge >= 0.3 is 5.03 Å². The van der Waals surface area contributed by atoms with Crippen molar-refractivity contribution in [2.45, 2.75) is 10.8 Å². The summed E-state index contributed by atoms with van der Waals surface area (Å²) in [4.78, 5) is 0. The number of sulfone groups is 1. The van der Waals surface area contributed by atoms with Crippen LogP contribution < -0.4 is 10.1 Å². The molecule has 0 spiro atoms. The van der Waals surface area contributed by atoms with Crippen LogP contribution in [-0.2, 0) is 15.6 Å². The molecule has 23 heavy (non-hydrogen) atoms. The number of hydrogen-bond acceptors (Lipinski definition) is 3. The highest BCUT2D eigenvalue weighted by molar-refractivity contribution is 7.90. The fraction of sp³-hybridized carbons (Fsp3) is 0.0556. The standard InChI is InChI=1S/C18H17N2O2S/c21-23(22,15-16-9-3-1-4-10-16)18-13-7-8-14-20(18)19-17-11-5-2-6-12-17/h1-14,19H,15H2/q+1. The first-order valence-corrected chi connectivity index (χ1v) is 8.90. The third-order valence-electron chi connectivity index (χ3n) is 3.36. The van der Waals surface area contributed by atoms with Gasteiger partial charge in [-0.25, -0.2) is 8.42 Å². The minimum absolute atomic E-state index is 0.0334. The van der Waals surface area contributed by atoms with Crippen molar-refractivity contribution in [1.82, 2.24) is 0 Å². The topological polar surface area (TPSA) is 50.1 Å². The normalized spacial score (nSPS) is 11.1. The van der Waals surface area contributed by atoms with Crippen LogP contribution in [0.1, 0.15) is 5.56 Å². The SMILES string of the molecule is O=S(=O)(Cc1ccccc1)c1cccc[n+]1Nc1ccccc1. The molecule has 0 aliphatic carbocycles. The van der Waals surface area contributed by atoms with Crippen molar-refractivity contribution in [2.75, 3.05) is 5.43 Å². The third kappa shape index (κ3) is 3.76. The Morgan fingerprint density at radius 3 is 2.09 bits per heavy atom. The lowest BCUT2D eigenvalue weighted by Gasteiger charge is -2.06. The monoisotopic (exact) mass is 325 g/mol. The molecule has 0 aliphatic rings. The van der Waals surface area contributed by atoms with Gasteiger partial charge in [-0.1, -0.05) is 53.2 Å². The van der Waals surface area contributed by atoms with Gasteiger partial charge in [0.05, 0.1) is 11.4 Å². The molecule has 1 heterocycles. The zero-order chi connectivity index (χ0) is 16.1. The van der Waals surface area contributed by atoms with Crippen molar-refractivity contribution >= 4 is 15.5 Å². The molecule has 1 N–H and O–H groups in total. The number of rotatable bonds is 5. The molecule has 0 amide bonds. The number of hydrogen-bond donors (Lipinski definition) is 1. The zero-order valence-corrected chi connectivity index (χ0v) is 13.3. The summed E-state index contributed by atoms with van der Waals surface area (Å²) in [5, 5.41) is 0.229. The van der Waals surface area contributed by atoms with Gasteiger partial charge in [-0.15, -0.1) is 0 Å². The average Bonchev–Trinajstić information content (AvgIpc) is 2.57. The van der Waals surface area contributed by atoms with Gasteiger partial charge in [-0.2, -0.15) is 5.43 Å². The van der Waals surface area contributed by atoms with E-state index in [0.29, 0.717) is 0 Å². The van der Waals surface area contributed by atoms with E-state index in [9.17, 15) is 8.42 Å². The van der Waals surface area contributed by atoms with Gasteiger partial charge in [-0.05, 0) is 23.8 Å². The molecule has 3 aromatic rings. The van der Waals surface area contributed by atoms with Crippen LogP contribution in [-0.4, -0.2) is 8.42 Å². The van der Waals surface area contributed by atoms with E-state index in [1.165, 1.54) is 4.68 Å². The van der Waals surface area contributed by atoms with E-state index in [-0.39, 0.29) is 10.8 Å². The van der Waals surface area contributed by atoms with Crippen molar-refractivity contribution in [3.8, 4) is 0 Å². The fourth-order valence-corrected chi connectivity index (χ4v) is 3.76. The first-order valence-electron chi connectivity index (χ1n) is 7.25. The first-order chi connectivity index (χ1) is 11.1. The molecule has 0 aliphatic heterocycles. The van der Waals surface area contributed by atoms with Crippen LogP contribution in [0.2, 0.25) is 0 Å². The molecule has 0 bridgehead atoms. The lowest BCUT2D eigenvalue weighted by atomic mass is 10.2. The Labute approximate surface area is 135 Å². The summed E-state index contributed by atoms with van der Waals surface area (Å²) in [5.41, 5.74) is 4.69. The molecule has 2 aromatic carbocycles. The summed E-state index contributed by atoms with van der Waals surface area (Å²) in [6.07, 6.45) is 1.70. The molecular weight excluding hydrogens is 308 g/mol. The summed E-state index contributed by atoms with van der Waals surface area (Å²) in [7, 11) is -3.46. The maximum Gasteiger partial charge on any atom is 0.326 e. The average molecular weight is 325 g/mol. The van der Waals surface area contributed by atoms with Crippen molar-refractivity contribution in [1.29, 1.82) is 0 Å². The van der Waals surface area contributed by atoms with Gasteiger partial charge in [0, 0.05) is 12.1 Å². The van der Waals surface area contributed by atoms with Crippen LogP contribution in [0.4, 0.5) is 5.69 Å². The molecule has 3 rings (SSSR count). The maximum atomic E-state index is 12.8. The van der Waals surface area contributed by atoms with Gasteiger partial charge in [0.25, 0.3) is 0 Å². The first kappa shape index (κ1) is 15.2.